The van der Waals surface area contributed by atoms with Crippen molar-refractivity contribution < 1.29 is 13.9 Å². The van der Waals surface area contributed by atoms with Crippen molar-refractivity contribution in [2.75, 3.05) is 0 Å². The Hall–Kier alpha value is -4.52. The molecular formula is C22H19F2N9O2. The third-order valence-electron chi connectivity index (χ3n) is 5.83. The molecule has 2 atom stereocenters. The lowest BCUT2D eigenvalue weighted by Gasteiger charge is -2.34. The molecule has 0 saturated heterocycles. The van der Waals surface area contributed by atoms with Crippen LogP contribution in [-0.2, 0) is 12.1 Å². The molecule has 13 heteroatoms. The summed E-state index contributed by atoms with van der Waals surface area (Å²) in [6.45, 7) is 1.26. The fourth-order valence-electron chi connectivity index (χ4n) is 3.91. The van der Waals surface area contributed by atoms with E-state index in [0.717, 1.165) is 22.5 Å². The van der Waals surface area contributed by atoms with E-state index in [4.69, 9.17) is 0 Å². The molecule has 178 valence electrons. The second-order valence-electron chi connectivity index (χ2n) is 7.90. The SMILES string of the molecule is CC(n1ncn(-c2ccc(-n3cncn3)cc2)c1=O)C(O)(Cn1cncn1)c1ccc(F)cc1F. The van der Waals surface area contributed by atoms with Crippen molar-refractivity contribution in [1.29, 1.82) is 0 Å². The van der Waals surface area contributed by atoms with Crippen molar-refractivity contribution in [3.05, 3.63) is 102 Å². The zero-order valence-corrected chi connectivity index (χ0v) is 18.3. The fraction of sp³-hybridized carbons (Fsp3) is 0.182. The molecule has 0 bridgehead atoms. The number of rotatable bonds is 7. The van der Waals surface area contributed by atoms with Crippen molar-refractivity contribution in [3.63, 3.8) is 0 Å². The van der Waals surface area contributed by atoms with Gasteiger partial charge < -0.3 is 5.11 Å². The van der Waals surface area contributed by atoms with Gasteiger partial charge in [0.2, 0.25) is 0 Å². The van der Waals surface area contributed by atoms with E-state index in [-0.39, 0.29) is 12.1 Å². The fourth-order valence-corrected chi connectivity index (χ4v) is 3.91. The molecule has 0 radical (unpaired) electrons. The van der Waals surface area contributed by atoms with Crippen LogP contribution in [0, 0.1) is 11.6 Å². The molecule has 11 nitrogen and oxygen atoms in total. The molecule has 0 saturated carbocycles. The van der Waals surface area contributed by atoms with Gasteiger partial charge >= 0.3 is 5.69 Å². The van der Waals surface area contributed by atoms with Gasteiger partial charge in [0, 0.05) is 11.6 Å². The Kier molecular flexibility index (Phi) is 5.53. The molecular weight excluding hydrogens is 460 g/mol. The maximum Gasteiger partial charge on any atom is 0.350 e. The third kappa shape index (κ3) is 4.01. The highest BCUT2D eigenvalue weighted by atomic mass is 19.1. The minimum absolute atomic E-state index is 0.208. The Morgan fingerprint density at radius 3 is 2.31 bits per heavy atom. The van der Waals surface area contributed by atoms with E-state index in [2.05, 4.69) is 25.3 Å². The summed E-state index contributed by atoms with van der Waals surface area (Å²) in [4.78, 5) is 21.0. The number of nitrogens with zero attached hydrogens (tertiary/aromatic N) is 9. The summed E-state index contributed by atoms with van der Waals surface area (Å²) >= 11 is 0. The number of hydrogen-bond donors (Lipinski definition) is 1. The highest BCUT2D eigenvalue weighted by molar-refractivity contribution is 5.40. The van der Waals surface area contributed by atoms with Crippen LogP contribution in [-0.4, -0.2) is 49.0 Å². The van der Waals surface area contributed by atoms with E-state index in [9.17, 15) is 18.7 Å². The summed E-state index contributed by atoms with van der Waals surface area (Å²) in [5, 5.41) is 23.9. The summed E-state index contributed by atoms with van der Waals surface area (Å²) in [5.41, 5.74) is -1.53. The van der Waals surface area contributed by atoms with Crippen molar-refractivity contribution in [3.8, 4) is 11.4 Å². The van der Waals surface area contributed by atoms with E-state index < -0.39 is 29.0 Å². The standard InChI is InChI=1S/C22H19F2N9O2/c1-15(22(35,9-30-12-25-10-27-30)19-7-2-16(23)8-20(19)24)33-21(34)31(14-29-33)17-3-5-18(6-4-17)32-13-26-11-28-32/h2-8,10-15,35H,9H2,1H3. The van der Waals surface area contributed by atoms with Crippen molar-refractivity contribution in [1.82, 2.24) is 43.9 Å². The first-order valence-electron chi connectivity index (χ1n) is 10.5. The lowest BCUT2D eigenvalue weighted by molar-refractivity contribution is -0.0381. The van der Waals surface area contributed by atoms with E-state index in [1.807, 2.05) is 0 Å². The van der Waals surface area contributed by atoms with Crippen LogP contribution in [0.2, 0.25) is 0 Å². The van der Waals surface area contributed by atoms with E-state index in [1.54, 1.807) is 35.3 Å². The minimum Gasteiger partial charge on any atom is -0.381 e. The molecule has 0 aliphatic rings. The first-order chi connectivity index (χ1) is 16.9. The van der Waals surface area contributed by atoms with Gasteiger partial charge in [0.15, 0.2) is 0 Å². The van der Waals surface area contributed by atoms with Crippen molar-refractivity contribution >= 4 is 0 Å². The summed E-state index contributed by atoms with van der Waals surface area (Å²) in [7, 11) is 0. The second kappa shape index (κ2) is 8.68. The van der Waals surface area contributed by atoms with Gasteiger partial charge in [-0.05, 0) is 37.3 Å². The van der Waals surface area contributed by atoms with Gasteiger partial charge in [-0.2, -0.15) is 15.3 Å². The molecule has 0 spiro atoms. The van der Waals surface area contributed by atoms with Gasteiger partial charge in [-0.15, -0.1) is 0 Å². The third-order valence-corrected chi connectivity index (χ3v) is 5.83. The predicted molar refractivity (Wildman–Crippen MR) is 118 cm³/mol. The van der Waals surface area contributed by atoms with E-state index >= 15 is 0 Å². The van der Waals surface area contributed by atoms with E-state index in [1.165, 1.54) is 41.5 Å². The zero-order chi connectivity index (χ0) is 24.6. The van der Waals surface area contributed by atoms with Crippen LogP contribution in [0.3, 0.4) is 0 Å². The number of aromatic nitrogens is 9. The molecule has 2 aromatic carbocycles. The van der Waals surface area contributed by atoms with Crippen molar-refractivity contribution in [2.45, 2.75) is 25.1 Å². The molecule has 0 fully saturated rings. The topological polar surface area (TPSA) is 121 Å². The summed E-state index contributed by atoms with van der Waals surface area (Å²) in [6.07, 6.45) is 6.87. The molecule has 5 aromatic rings. The summed E-state index contributed by atoms with van der Waals surface area (Å²) in [6, 6.07) is 8.70. The first kappa shape index (κ1) is 22.3. The molecule has 3 heterocycles. The second-order valence-corrected chi connectivity index (χ2v) is 7.90. The Balaban J connectivity index is 1.53. The van der Waals surface area contributed by atoms with Crippen LogP contribution in [0.5, 0.6) is 0 Å². The Bertz CT molecular complexity index is 1490. The van der Waals surface area contributed by atoms with Gasteiger partial charge in [0.05, 0.1) is 24.0 Å². The average Bonchev–Trinajstić information content (AvgIpc) is 3.61. The molecule has 0 amide bonds. The Labute approximate surface area is 196 Å². The van der Waals surface area contributed by atoms with Gasteiger partial charge in [-0.3, -0.25) is 0 Å². The van der Waals surface area contributed by atoms with Gasteiger partial charge in [0.1, 0.15) is 48.9 Å². The summed E-state index contributed by atoms with van der Waals surface area (Å²) in [5.74, 6) is -1.76. The molecule has 3 aromatic heterocycles. The smallest absolute Gasteiger partial charge is 0.350 e. The highest BCUT2D eigenvalue weighted by Gasteiger charge is 2.41. The van der Waals surface area contributed by atoms with Crippen LogP contribution in [0.4, 0.5) is 8.78 Å². The lowest BCUT2D eigenvalue weighted by atomic mass is 9.86. The largest absolute Gasteiger partial charge is 0.381 e. The summed E-state index contributed by atoms with van der Waals surface area (Å²) < 4.78 is 33.6. The van der Waals surface area contributed by atoms with Crippen LogP contribution in [0.1, 0.15) is 18.5 Å². The lowest BCUT2D eigenvalue weighted by Crippen LogP contribution is -2.44. The Morgan fingerprint density at radius 2 is 1.66 bits per heavy atom. The Morgan fingerprint density at radius 1 is 0.943 bits per heavy atom. The first-order valence-corrected chi connectivity index (χ1v) is 10.5. The highest BCUT2D eigenvalue weighted by Crippen LogP contribution is 2.35. The van der Waals surface area contributed by atoms with Crippen LogP contribution in [0.25, 0.3) is 11.4 Å². The predicted octanol–water partition coefficient (Wildman–Crippen LogP) is 1.63. The van der Waals surface area contributed by atoms with Gasteiger partial charge in [-0.25, -0.2) is 42.2 Å². The minimum atomic E-state index is -2.02. The zero-order valence-electron chi connectivity index (χ0n) is 18.3. The van der Waals surface area contributed by atoms with E-state index in [0.29, 0.717) is 11.8 Å². The van der Waals surface area contributed by atoms with Gasteiger partial charge in [-0.1, -0.05) is 6.07 Å². The number of benzene rings is 2. The molecule has 5 rings (SSSR count). The molecule has 0 aliphatic heterocycles. The maximum atomic E-state index is 14.8. The van der Waals surface area contributed by atoms with Crippen molar-refractivity contribution in [2.24, 2.45) is 0 Å². The number of aliphatic hydroxyl groups is 1. The normalized spacial score (nSPS) is 14.1. The van der Waals surface area contributed by atoms with Crippen LogP contribution in [0.15, 0.2) is 78.9 Å². The number of halogens is 2. The molecule has 35 heavy (non-hydrogen) atoms. The quantitative estimate of drug-likeness (QED) is 0.377. The maximum absolute atomic E-state index is 14.8. The molecule has 2 unspecified atom stereocenters. The van der Waals surface area contributed by atoms with Crippen LogP contribution >= 0.6 is 0 Å². The number of hydrogen-bond acceptors (Lipinski definition) is 7. The monoisotopic (exact) mass is 479 g/mol. The van der Waals surface area contributed by atoms with Crippen LogP contribution < -0.4 is 5.69 Å². The average molecular weight is 479 g/mol. The molecule has 0 aliphatic carbocycles. The molecule has 1 N–H and O–H groups in total. The van der Waals surface area contributed by atoms with Gasteiger partial charge in [0.25, 0.3) is 0 Å².